The maximum atomic E-state index is 13.7. The standard InChI is InChI=1S/C13H15F2N3O/c1-8-10(5-6-16-2)13(19)17-18(8)12-4-3-9(14)7-11(12)15/h3-4,7,16H,5-6H2,1-2H3,(H,17,19). The van der Waals surface area contributed by atoms with Crippen LogP contribution in [0.3, 0.4) is 0 Å². The highest BCUT2D eigenvalue weighted by atomic mass is 19.1. The molecule has 0 fully saturated rings. The van der Waals surface area contributed by atoms with Crippen LogP contribution >= 0.6 is 0 Å². The first-order valence-electron chi connectivity index (χ1n) is 5.95. The van der Waals surface area contributed by atoms with Gasteiger partial charge in [0.05, 0.1) is 5.69 Å². The lowest BCUT2D eigenvalue weighted by Crippen LogP contribution is -2.15. The second-order valence-electron chi connectivity index (χ2n) is 4.29. The van der Waals surface area contributed by atoms with Gasteiger partial charge in [-0.15, -0.1) is 0 Å². The van der Waals surface area contributed by atoms with Crippen molar-refractivity contribution in [2.75, 3.05) is 13.6 Å². The summed E-state index contributed by atoms with van der Waals surface area (Å²) in [4.78, 5) is 11.8. The fourth-order valence-electron chi connectivity index (χ4n) is 2.00. The van der Waals surface area contributed by atoms with Crippen LogP contribution in [0.2, 0.25) is 0 Å². The summed E-state index contributed by atoms with van der Waals surface area (Å²) < 4.78 is 27.9. The van der Waals surface area contributed by atoms with Crippen molar-refractivity contribution in [3.63, 3.8) is 0 Å². The van der Waals surface area contributed by atoms with E-state index in [0.717, 1.165) is 12.1 Å². The van der Waals surface area contributed by atoms with Crippen molar-refractivity contribution >= 4 is 0 Å². The molecule has 0 saturated carbocycles. The Bertz CT molecular complexity index is 646. The van der Waals surface area contributed by atoms with Crippen molar-refractivity contribution in [1.82, 2.24) is 15.1 Å². The van der Waals surface area contributed by atoms with Crippen molar-refractivity contribution in [2.24, 2.45) is 0 Å². The molecule has 2 rings (SSSR count). The highest BCUT2D eigenvalue weighted by Gasteiger charge is 2.14. The van der Waals surface area contributed by atoms with E-state index in [1.165, 1.54) is 10.7 Å². The average Bonchev–Trinajstić information content (AvgIpc) is 2.63. The lowest BCUT2D eigenvalue weighted by Gasteiger charge is -2.07. The minimum atomic E-state index is -0.713. The fraction of sp³-hybridized carbons (Fsp3) is 0.308. The Morgan fingerprint density at radius 3 is 2.74 bits per heavy atom. The molecule has 0 spiro atoms. The largest absolute Gasteiger partial charge is 0.319 e. The van der Waals surface area contributed by atoms with Gasteiger partial charge in [-0.3, -0.25) is 14.6 Å². The first kappa shape index (κ1) is 13.5. The monoisotopic (exact) mass is 267 g/mol. The number of hydrogen-bond acceptors (Lipinski definition) is 2. The maximum Gasteiger partial charge on any atom is 0.267 e. The zero-order valence-corrected chi connectivity index (χ0v) is 10.8. The summed E-state index contributed by atoms with van der Waals surface area (Å²) in [5.74, 6) is -1.36. The lowest BCUT2D eigenvalue weighted by molar-refractivity contribution is 0.572. The number of H-pyrrole nitrogens is 1. The Morgan fingerprint density at radius 1 is 1.37 bits per heavy atom. The van der Waals surface area contributed by atoms with Crippen LogP contribution in [0.15, 0.2) is 23.0 Å². The highest BCUT2D eigenvalue weighted by molar-refractivity contribution is 5.36. The third-order valence-corrected chi connectivity index (χ3v) is 3.04. The molecule has 2 N–H and O–H groups in total. The number of rotatable bonds is 4. The third-order valence-electron chi connectivity index (χ3n) is 3.04. The van der Waals surface area contributed by atoms with Crippen LogP contribution in [0.1, 0.15) is 11.3 Å². The predicted molar refractivity (Wildman–Crippen MR) is 68.7 cm³/mol. The Morgan fingerprint density at radius 2 is 2.11 bits per heavy atom. The van der Waals surface area contributed by atoms with Gasteiger partial charge in [0, 0.05) is 17.3 Å². The number of likely N-dealkylation sites (N-methyl/N-ethyl adjacent to an activating group) is 1. The summed E-state index contributed by atoms with van der Waals surface area (Å²) in [6, 6.07) is 3.25. The van der Waals surface area contributed by atoms with E-state index in [9.17, 15) is 13.6 Å². The van der Waals surface area contributed by atoms with Gasteiger partial charge >= 0.3 is 0 Å². The molecule has 0 amide bonds. The van der Waals surface area contributed by atoms with E-state index in [1.54, 1.807) is 14.0 Å². The van der Waals surface area contributed by atoms with E-state index >= 15 is 0 Å². The molecule has 1 aromatic heterocycles. The zero-order valence-electron chi connectivity index (χ0n) is 10.8. The van der Waals surface area contributed by atoms with Gasteiger partial charge < -0.3 is 5.32 Å². The zero-order chi connectivity index (χ0) is 14.0. The lowest BCUT2D eigenvalue weighted by atomic mass is 10.2. The predicted octanol–water partition coefficient (Wildman–Crippen LogP) is 1.51. The summed E-state index contributed by atoms with van der Waals surface area (Å²) in [5.41, 5.74) is 1.10. The second kappa shape index (κ2) is 5.36. The van der Waals surface area contributed by atoms with Crippen LogP contribution in [-0.2, 0) is 6.42 Å². The molecule has 4 nitrogen and oxygen atoms in total. The minimum absolute atomic E-state index is 0.131. The molecular weight excluding hydrogens is 252 g/mol. The van der Waals surface area contributed by atoms with Crippen molar-refractivity contribution < 1.29 is 8.78 Å². The van der Waals surface area contributed by atoms with Crippen LogP contribution in [0, 0.1) is 18.6 Å². The molecule has 0 atom stereocenters. The van der Waals surface area contributed by atoms with Gasteiger partial charge in [0.25, 0.3) is 5.56 Å². The molecule has 102 valence electrons. The molecule has 0 aliphatic carbocycles. The van der Waals surface area contributed by atoms with Crippen LogP contribution in [0.4, 0.5) is 8.78 Å². The number of halogens is 2. The first-order chi connectivity index (χ1) is 9.04. The van der Waals surface area contributed by atoms with Gasteiger partial charge in [-0.2, -0.15) is 0 Å². The SMILES string of the molecule is CNCCc1c(C)n(-c2ccc(F)cc2F)[nH]c1=O. The van der Waals surface area contributed by atoms with Gasteiger partial charge in [0.1, 0.15) is 5.82 Å². The molecule has 0 aliphatic rings. The Kier molecular flexibility index (Phi) is 3.80. The maximum absolute atomic E-state index is 13.7. The molecule has 19 heavy (non-hydrogen) atoms. The number of hydrogen-bond donors (Lipinski definition) is 2. The fourth-order valence-corrected chi connectivity index (χ4v) is 2.00. The Balaban J connectivity index is 2.48. The van der Waals surface area contributed by atoms with Crippen LogP contribution < -0.4 is 10.9 Å². The normalized spacial score (nSPS) is 10.9. The van der Waals surface area contributed by atoms with E-state index in [4.69, 9.17) is 0 Å². The van der Waals surface area contributed by atoms with Gasteiger partial charge in [-0.25, -0.2) is 8.78 Å². The second-order valence-corrected chi connectivity index (χ2v) is 4.29. The van der Waals surface area contributed by atoms with E-state index < -0.39 is 11.6 Å². The molecule has 1 heterocycles. The summed E-state index contributed by atoms with van der Waals surface area (Å²) in [7, 11) is 1.79. The molecule has 1 aromatic carbocycles. The molecule has 6 heteroatoms. The molecule has 0 bridgehead atoms. The van der Waals surface area contributed by atoms with E-state index in [0.29, 0.717) is 24.2 Å². The van der Waals surface area contributed by atoms with E-state index in [-0.39, 0.29) is 11.2 Å². The summed E-state index contributed by atoms with van der Waals surface area (Å²) in [6.07, 6.45) is 0.549. The molecule has 0 radical (unpaired) electrons. The molecule has 0 saturated heterocycles. The smallest absolute Gasteiger partial charge is 0.267 e. The first-order valence-corrected chi connectivity index (χ1v) is 5.95. The Hall–Kier alpha value is -1.95. The Labute approximate surface area is 109 Å². The van der Waals surface area contributed by atoms with Crippen molar-refractivity contribution in [3.8, 4) is 5.69 Å². The number of aromatic nitrogens is 2. The topological polar surface area (TPSA) is 49.8 Å². The summed E-state index contributed by atoms with van der Waals surface area (Å²) in [6.45, 7) is 2.38. The van der Waals surface area contributed by atoms with Crippen molar-refractivity contribution in [2.45, 2.75) is 13.3 Å². The van der Waals surface area contributed by atoms with Gasteiger partial charge in [-0.1, -0.05) is 0 Å². The average molecular weight is 267 g/mol. The van der Waals surface area contributed by atoms with Gasteiger partial charge in [-0.05, 0) is 39.1 Å². The number of nitrogens with zero attached hydrogens (tertiary/aromatic N) is 1. The highest BCUT2D eigenvalue weighted by Crippen LogP contribution is 2.16. The molecule has 0 unspecified atom stereocenters. The van der Waals surface area contributed by atoms with Crippen LogP contribution in [-0.4, -0.2) is 23.4 Å². The number of nitrogens with one attached hydrogen (secondary N) is 2. The van der Waals surface area contributed by atoms with Gasteiger partial charge in [0.15, 0.2) is 5.82 Å². The quantitative estimate of drug-likeness (QED) is 0.882. The third kappa shape index (κ3) is 2.58. The van der Waals surface area contributed by atoms with Crippen LogP contribution in [0.5, 0.6) is 0 Å². The number of aromatic amines is 1. The van der Waals surface area contributed by atoms with Crippen molar-refractivity contribution in [1.29, 1.82) is 0 Å². The van der Waals surface area contributed by atoms with Gasteiger partial charge in [0.2, 0.25) is 0 Å². The minimum Gasteiger partial charge on any atom is -0.319 e. The van der Waals surface area contributed by atoms with E-state index in [2.05, 4.69) is 10.4 Å². The van der Waals surface area contributed by atoms with Crippen LogP contribution in [0.25, 0.3) is 5.69 Å². The van der Waals surface area contributed by atoms with E-state index in [1.807, 2.05) is 0 Å². The molecular formula is C13H15F2N3O. The summed E-state index contributed by atoms with van der Waals surface area (Å²) >= 11 is 0. The summed E-state index contributed by atoms with van der Waals surface area (Å²) in [5, 5.41) is 5.52. The number of benzene rings is 1. The molecule has 2 aromatic rings. The van der Waals surface area contributed by atoms with Crippen molar-refractivity contribution in [3.05, 3.63) is 51.4 Å². The molecule has 0 aliphatic heterocycles.